The van der Waals surface area contributed by atoms with Crippen LogP contribution >= 0.6 is 0 Å². The number of benzene rings is 7. The van der Waals surface area contributed by atoms with Gasteiger partial charge >= 0.3 is 6.98 Å². The van der Waals surface area contributed by atoms with Crippen molar-refractivity contribution in [3.8, 4) is 27.9 Å². The molecule has 12 rings (SSSR count). The van der Waals surface area contributed by atoms with Crippen LogP contribution in [0.3, 0.4) is 0 Å². The number of nitrogens with zero attached hydrogens (tertiary/aromatic N) is 5. The Kier molecular flexibility index (Phi) is 9.28. The maximum atomic E-state index is 2.54. The quantitative estimate of drug-likeness (QED) is 0.161. The zero-order chi connectivity index (χ0) is 46.9. The molecule has 7 aromatic carbocycles. The van der Waals surface area contributed by atoms with Gasteiger partial charge in [-0.1, -0.05) is 165 Å². The lowest BCUT2D eigenvalue weighted by molar-refractivity contribution is 0.590. The molecule has 0 atom stereocenters. The van der Waals surface area contributed by atoms with Gasteiger partial charge in [0.1, 0.15) is 11.6 Å². The van der Waals surface area contributed by atoms with Gasteiger partial charge in [0.15, 0.2) is 0 Å². The molecule has 5 heterocycles. The van der Waals surface area contributed by atoms with Crippen LogP contribution in [0, 0.1) is 0 Å². The van der Waals surface area contributed by atoms with E-state index in [9.17, 15) is 0 Å². The van der Waals surface area contributed by atoms with Gasteiger partial charge in [-0.15, -0.1) is 0 Å². The molecule has 6 heteroatoms. The summed E-state index contributed by atoms with van der Waals surface area (Å²) < 4.78 is 7.60. The Morgan fingerprint density at radius 1 is 0.353 bits per heavy atom. The fraction of sp³-hybridized carbons (Fsp3) is 0.194. The predicted octanol–water partition coefficient (Wildman–Crippen LogP) is 16.0. The summed E-state index contributed by atoms with van der Waals surface area (Å²) >= 11 is 0. The summed E-state index contributed by atoms with van der Waals surface area (Å²) in [7, 11) is 0. The van der Waals surface area contributed by atoms with Crippen molar-refractivity contribution in [1.82, 2.24) is 13.5 Å². The predicted molar refractivity (Wildman–Crippen MR) is 289 cm³/mol. The van der Waals surface area contributed by atoms with Crippen LogP contribution in [0.4, 0.5) is 34.4 Å². The largest absolute Gasteiger partial charge is 0.426 e. The van der Waals surface area contributed by atoms with E-state index in [4.69, 9.17) is 0 Å². The number of anilines is 6. The lowest BCUT2D eigenvalue weighted by atomic mass is 9.62. The third-order valence-corrected chi connectivity index (χ3v) is 14.5. The fourth-order valence-electron chi connectivity index (χ4n) is 10.7. The van der Waals surface area contributed by atoms with Gasteiger partial charge in [-0.05, 0) is 128 Å². The number of aromatic nitrogens is 3. The molecule has 5 nitrogen and oxygen atoms in total. The summed E-state index contributed by atoms with van der Waals surface area (Å²) in [4.78, 5) is 4.98. The summed E-state index contributed by atoms with van der Waals surface area (Å²) in [6, 6.07) is 65.6. The van der Waals surface area contributed by atoms with Crippen molar-refractivity contribution in [3.05, 3.63) is 205 Å². The first-order valence-corrected chi connectivity index (χ1v) is 24.2. The topological polar surface area (TPSA) is 21.3 Å². The van der Waals surface area contributed by atoms with Gasteiger partial charge in [0.25, 0.3) is 0 Å². The van der Waals surface area contributed by atoms with Gasteiger partial charge in [0.2, 0.25) is 0 Å². The Bertz CT molecular complexity index is 3480. The second kappa shape index (κ2) is 15.0. The van der Waals surface area contributed by atoms with Crippen LogP contribution < -0.4 is 15.3 Å². The lowest BCUT2D eigenvalue weighted by Crippen LogP contribution is -2.55. The summed E-state index contributed by atoms with van der Waals surface area (Å²) in [5, 5.41) is 2.58. The van der Waals surface area contributed by atoms with Gasteiger partial charge in [0, 0.05) is 51.2 Å². The molecule has 0 radical (unpaired) electrons. The van der Waals surface area contributed by atoms with E-state index in [0.717, 1.165) is 28.7 Å². The van der Waals surface area contributed by atoms with Crippen molar-refractivity contribution in [2.75, 3.05) is 9.80 Å². The fourth-order valence-corrected chi connectivity index (χ4v) is 10.7. The highest BCUT2D eigenvalue weighted by molar-refractivity contribution is 6.76. The molecule has 68 heavy (non-hydrogen) atoms. The molecule has 0 bridgehead atoms. The van der Waals surface area contributed by atoms with Crippen molar-refractivity contribution in [2.45, 2.75) is 78.6 Å². The SMILES string of the molecule is CC(C)(C)c1ccc2c(c1)c1cc(C(C)(C)C)ccc1n2-c1cc2n(c1)B1c3c(cccc3N(c3ccc(-c4ccccc4)cc3)c3cc(C(C)(C)C)cn31)N2c1ccc(-c2ccccc2)cc1. The Labute approximate surface area is 401 Å². The summed E-state index contributed by atoms with van der Waals surface area (Å²) in [5.41, 5.74) is 18.2. The highest BCUT2D eigenvalue weighted by atomic mass is 15.3. The summed E-state index contributed by atoms with van der Waals surface area (Å²) in [5.74, 6) is 2.27. The minimum Gasteiger partial charge on any atom is -0.353 e. The molecule has 334 valence electrons. The van der Waals surface area contributed by atoms with Crippen LogP contribution in [0.2, 0.25) is 0 Å². The molecular weight excluding hydrogens is 826 g/mol. The molecule has 0 unspecified atom stereocenters. The number of hydrogen-bond donors (Lipinski definition) is 0. The zero-order valence-electron chi connectivity index (χ0n) is 40.7. The Morgan fingerprint density at radius 3 is 1.24 bits per heavy atom. The average molecular weight is 884 g/mol. The Hall–Kier alpha value is -7.44. The molecular formula is C62H58BN5. The molecule has 0 saturated heterocycles. The molecule has 0 spiro atoms. The van der Waals surface area contributed by atoms with Crippen molar-refractivity contribution in [1.29, 1.82) is 0 Å². The van der Waals surface area contributed by atoms with Crippen molar-refractivity contribution in [2.24, 2.45) is 0 Å². The van der Waals surface area contributed by atoms with E-state index >= 15 is 0 Å². The number of fused-ring (bicyclic) bond motifs is 7. The minimum absolute atomic E-state index is 0.0126. The van der Waals surface area contributed by atoms with E-state index in [1.54, 1.807) is 0 Å². The van der Waals surface area contributed by atoms with Gasteiger partial charge in [-0.3, -0.25) is 9.80 Å². The van der Waals surface area contributed by atoms with E-state index < -0.39 is 0 Å². The molecule has 10 aromatic rings. The first-order chi connectivity index (χ1) is 32.6. The van der Waals surface area contributed by atoms with Crippen LogP contribution in [-0.2, 0) is 16.2 Å². The highest BCUT2D eigenvalue weighted by Gasteiger charge is 2.45. The minimum atomic E-state index is -0.149. The van der Waals surface area contributed by atoms with Gasteiger partial charge in [-0.25, -0.2) is 0 Å². The van der Waals surface area contributed by atoms with Gasteiger partial charge in [-0.2, -0.15) is 0 Å². The molecule has 0 fully saturated rings. The van der Waals surface area contributed by atoms with Crippen LogP contribution in [0.25, 0.3) is 49.7 Å². The van der Waals surface area contributed by atoms with Crippen LogP contribution in [0.5, 0.6) is 0 Å². The molecule has 0 saturated carbocycles. The normalized spacial score (nSPS) is 13.6. The molecule has 3 aromatic heterocycles. The highest BCUT2D eigenvalue weighted by Crippen LogP contribution is 2.49. The molecule has 0 amide bonds. The summed E-state index contributed by atoms with van der Waals surface area (Å²) in [6.07, 6.45) is 4.84. The van der Waals surface area contributed by atoms with Crippen LogP contribution in [0.1, 0.15) is 79.0 Å². The maximum absolute atomic E-state index is 2.54. The second-order valence-electron chi connectivity index (χ2n) is 22.1. The van der Waals surface area contributed by atoms with Crippen molar-refractivity contribution >= 4 is 68.6 Å². The van der Waals surface area contributed by atoms with E-state index in [-0.39, 0.29) is 23.2 Å². The van der Waals surface area contributed by atoms with E-state index in [2.05, 4.69) is 274 Å². The van der Waals surface area contributed by atoms with E-state index in [0.29, 0.717) is 0 Å². The molecule has 0 N–H and O–H groups in total. The summed E-state index contributed by atoms with van der Waals surface area (Å²) in [6.45, 7) is 20.7. The molecule has 2 aliphatic rings. The van der Waals surface area contributed by atoms with Crippen LogP contribution in [-0.4, -0.2) is 20.5 Å². The smallest absolute Gasteiger partial charge is 0.353 e. The number of rotatable bonds is 5. The van der Waals surface area contributed by atoms with Gasteiger partial charge < -0.3 is 13.5 Å². The van der Waals surface area contributed by atoms with E-state index in [1.807, 2.05) is 0 Å². The monoisotopic (exact) mass is 883 g/mol. The standard InChI is InChI=1S/C62H58BN5/c1-60(2,3)45-27-33-53-51(35-45)52-36-46(61(4,5)6)28-34-54(52)66(53)50-38-58-65(40-50)63-59-55(21-16-22-56(59)68(58)49-31-25-44(26-32-49)42-19-14-11-15-20-42)67(57-37-47(39-64(57)63)62(7,8)9)48-29-23-43(24-30-48)41-17-12-10-13-18-41/h10-40H,1-9H3. The Morgan fingerprint density at radius 2 is 0.779 bits per heavy atom. The maximum Gasteiger partial charge on any atom is 0.426 e. The van der Waals surface area contributed by atoms with Crippen molar-refractivity contribution < 1.29 is 0 Å². The zero-order valence-corrected chi connectivity index (χ0v) is 40.7. The van der Waals surface area contributed by atoms with E-state index in [1.165, 1.54) is 77.6 Å². The first-order valence-electron chi connectivity index (χ1n) is 24.2. The van der Waals surface area contributed by atoms with Gasteiger partial charge in [0.05, 0.1) is 16.7 Å². The first kappa shape index (κ1) is 42.0. The molecule has 0 aliphatic carbocycles. The number of hydrogen-bond acceptors (Lipinski definition) is 2. The van der Waals surface area contributed by atoms with Crippen molar-refractivity contribution in [3.63, 3.8) is 0 Å². The third kappa shape index (κ3) is 6.67. The third-order valence-electron chi connectivity index (χ3n) is 14.5. The average Bonchev–Trinajstić information content (AvgIpc) is 4.06. The van der Waals surface area contributed by atoms with Crippen LogP contribution in [0.15, 0.2) is 188 Å². The second-order valence-corrected chi connectivity index (χ2v) is 22.1. The Balaban J connectivity index is 1.11. The lowest BCUT2D eigenvalue weighted by Gasteiger charge is -2.43. The molecule has 2 aliphatic heterocycles.